The summed E-state index contributed by atoms with van der Waals surface area (Å²) in [5.41, 5.74) is 6.62. The minimum absolute atomic E-state index is 0.0210. The SMILES string of the molecule is CCCCN(CCO)c1nc2ccc(N)cc2c(=O)[nH]1. The highest BCUT2D eigenvalue weighted by Crippen LogP contribution is 2.15. The van der Waals surface area contributed by atoms with Gasteiger partial charge in [-0.25, -0.2) is 4.98 Å². The quantitative estimate of drug-likeness (QED) is 0.687. The standard InChI is InChI=1S/C14H20N4O2/c1-2-3-6-18(7-8-19)14-16-12-5-4-10(15)9-11(12)13(20)17-14/h4-5,9,19H,2-3,6-8,15H2,1H3,(H,16,17,20). The average molecular weight is 276 g/mol. The van der Waals surface area contributed by atoms with Crippen molar-refractivity contribution in [3.8, 4) is 0 Å². The Labute approximate surface area is 117 Å². The van der Waals surface area contributed by atoms with Crippen LogP contribution in [0.25, 0.3) is 10.9 Å². The molecule has 0 radical (unpaired) electrons. The van der Waals surface area contributed by atoms with Gasteiger partial charge in [-0.1, -0.05) is 13.3 Å². The Morgan fingerprint density at radius 1 is 1.40 bits per heavy atom. The largest absolute Gasteiger partial charge is 0.399 e. The molecule has 0 amide bonds. The van der Waals surface area contributed by atoms with Crippen molar-refractivity contribution < 1.29 is 5.11 Å². The molecule has 108 valence electrons. The number of nitrogens with two attached hydrogens (primary N) is 1. The van der Waals surface area contributed by atoms with Crippen LogP contribution in [0.3, 0.4) is 0 Å². The molecule has 4 N–H and O–H groups in total. The first-order chi connectivity index (χ1) is 9.65. The zero-order chi connectivity index (χ0) is 14.5. The number of nitrogens with zero attached hydrogens (tertiary/aromatic N) is 2. The molecule has 0 saturated heterocycles. The molecule has 0 unspecified atom stereocenters. The lowest BCUT2D eigenvalue weighted by Crippen LogP contribution is -2.31. The lowest BCUT2D eigenvalue weighted by atomic mass is 10.2. The van der Waals surface area contributed by atoms with Crippen molar-refractivity contribution in [3.63, 3.8) is 0 Å². The molecule has 0 aliphatic heterocycles. The maximum absolute atomic E-state index is 12.1. The number of unbranched alkanes of at least 4 members (excludes halogenated alkanes) is 1. The topological polar surface area (TPSA) is 95.2 Å². The highest BCUT2D eigenvalue weighted by atomic mass is 16.3. The van der Waals surface area contributed by atoms with E-state index in [1.54, 1.807) is 18.2 Å². The van der Waals surface area contributed by atoms with Gasteiger partial charge in [0.15, 0.2) is 0 Å². The van der Waals surface area contributed by atoms with Crippen molar-refractivity contribution in [1.29, 1.82) is 0 Å². The molecule has 0 aliphatic rings. The third-order valence-electron chi connectivity index (χ3n) is 3.17. The Morgan fingerprint density at radius 3 is 2.90 bits per heavy atom. The smallest absolute Gasteiger partial charge is 0.260 e. The predicted octanol–water partition coefficient (Wildman–Crippen LogP) is 1.10. The molecule has 0 spiro atoms. The van der Waals surface area contributed by atoms with E-state index in [9.17, 15) is 4.79 Å². The average Bonchev–Trinajstić information content (AvgIpc) is 2.44. The van der Waals surface area contributed by atoms with Gasteiger partial charge in [0, 0.05) is 18.8 Å². The van der Waals surface area contributed by atoms with Crippen LogP contribution < -0.4 is 16.2 Å². The van der Waals surface area contributed by atoms with Gasteiger partial charge in [-0.2, -0.15) is 0 Å². The Morgan fingerprint density at radius 2 is 2.20 bits per heavy atom. The van der Waals surface area contributed by atoms with E-state index in [-0.39, 0.29) is 12.2 Å². The summed E-state index contributed by atoms with van der Waals surface area (Å²) in [5.74, 6) is 0.495. The van der Waals surface area contributed by atoms with Crippen molar-refractivity contribution >= 4 is 22.5 Å². The highest BCUT2D eigenvalue weighted by Gasteiger charge is 2.10. The molecule has 0 atom stereocenters. The first-order valence-electron chi connectivity index (χ1n) is 6.81. The van der Waals surface area contributed by atoms with Crippen molar-refractivity contribution in [2.24, 2.45) is 0 Å². The summed E-state index contributed by atoms with van der Waals surface area (Å²) >= 11 is 0. The van der Waals surface area contributed by atoms with Crippen LogP contribution >= 0.6 is 0 Å². The van der Waals surface area contributed by atoms with Crippen LogP contribution in [0.5, 0.6) is 0 Å². The maximum atomic E-state index is 12.1. The summed E-state index contributed by atoms with van der Waals surface area (Å²) in [6.07, 6.45) is 2.01. The second-order valence-corrected chi connectivity index (χ2v) is 4.73. The fourth-order valence-electron chi connectivity index (χ4n) is 2.09. The van der Waals surface area contributed by atoms with Crippen LogP contribution in [0.4, 0.5) is 11.6 Å². The molecule has 0 saturated carbocycles. The Kier molecular flexibility index (Phi) is 4.57. The number of nitrogens with one attached hydrogen (secondary N) is 1. The maximum Gasteiger partial charge on any atom is 0.260 e. The lowest BCUT2D eigenvalue weighted by molar-refractivity contribution is 0.301. The molecule has 2 aromatic rings. The van der Waals surface area contributed by atoms with Gasteiger partial charge in [0.1, 0.15) is 0 Å². The number of H-pyrrole nitrogens is 1. The Balaban J connectivity index is 2.42. The molecule has 1 aromatic carbocycles. The van der Waals surface area contributed by atoms with E-state index in [1.165, 1.54) is 0 Å². The van der Waals surface area contributed by atoms with Gasteiger partial charge < -0.3 is 15.7 Å². The third-order valence-corrected chi connectivity index (χ3v) is 3.17. The molecule has 2 rings (SSSR count). The first kappa shape index (κ1) is 14.3. The third kappa shape index (κ3) is 3.08. The summed E-state index contributed by atoms with van der Waals surface area (Å²) in [4.78, 5) is 21.2. The van der Waals surface area contributed by atoms with Gasteiger partial charge in [0.2, 0.25) is 5.95 Å². The minimum Gasteiger partial charge on any atom is -0.399 e. The number of aromatic amines is 1. The number of nitrogen functional groups attached to an aromatic ring is 1. The number of hydrogen-bond acceptors (Lipinski definition) is 5. The second-order valence-electron chi connectivity index (χ2n) is 4.73. The predicted molar refractivity (Wildman–Crippen MR) is 81.0 cm³/mol. The van der Waals surface area contributed by atoms with Crippen LogP contribution in [-0.2, 0) is 0 Å². The van der Waals surface area contributed by atoms with Gasteiger partial charge in [-0.05, 0) is 24.6 Å². The van der Waals surface area contributed by atoms with E-state index in [4.69, 9.17) is 10.8 Å². The van der Waals surface area contributed by atoms with Gasteiger partial charge in [-0.3, -0.25) is 9.78 Å². The van der Waals surface area contributed by atoms with Crippen LogP contribution in [0.15, 0.2) is 23.0 Å². The van der Waals surface area contributed by atoms with E-state index < -0.39 is 0 Å². The number of anilines is 2. The second kappa shape index (κ2) is 6.38. The molecule has 1 heterocycles. The summed E-state index contributed by atoms with van der Waals surface area (Å²) in [6, 6.07) is 5.08. The van der Waals surface area contributed by atoms with E-state index in [0.29, 0.717) is 29.1 Å². The van der Waals surface area contributed by atoms with Crippen molar-refractivity contribution in [2.75, 3.05) is 30.3 Å². The van der Waals surface area contributed by atoms with Gasteiger partial charge in [0.25, 0.3) is 5.56 Å². The number of fused-ring (bicyclic) bond motifs is 1. The van der Waals surface area contributed by atoms with Crippen LogP contribution in [-0.4, -0.2) is 34.8 Å². The molecular formula is C14H20N4O2. The van der Waals surface area contributed by atoms with E-state index >= 15 is 0 Å². The van der Waals surface area contributed by atoms with Crippen molar-refractivity contribution in [1.82, 2.24) is 9.97 Å². The van der Waals surface area contributed by atoms with Crippen LogP contribution in [0.1, 0.15) is 19.8 Å². The number of rotatable bonds is 6. The number of aromatic nitrogens is 2. The summed E-state index contributed by atoms with van der Waals surface area (Å²) < 4.78 is 0. The molecule has 20 heavy (non-hydrogen) atoms. The fraction of sp³-hybridized carbons (Fsp3) is 0.429. The van der Waals surface area contributed by atoms with Crippen molar-refractivity contribution in [2.45, 2.75) is 19.8 Å². The fourth-order valence-corrected chi connectivity index (χ4v) is 2.09. The zero-order valence-corrected chi connectivity index (χ0v) is 11.6. The van der Waals surface area contributed by atoms with E-state index in [0.717, 1.165) is 19.4 Å². The lowest BCUT2D eigenvalue weighted by Gasteiger charge is -2.22. The van der Waals surface area contributed by atoms with Crippen molar-refractivity contribution in [3.05, 3.63) is 28.6 Å². The van der Waals surface area contributed by atoms with E-state index in [2.05, 4.69) is 16.9 Å². The molecular weight excluding hydrogens is 256 g/mol. The van der Waals surface area contributed by atoms with Crippen LogP contribution in [0, 0.1) is 0 Å². The molecule has 6 nitrogen and oxygen atoms in total. The molecule has 0 bridgehead atoms. The number of hydrogen-bond donors (Lipinski definition) is 3. The number of aliphatic hydroxyl groups is 1. The number of aliphatic hydroxyl groups excluding tert-OH is 1. The summed E-state index contributed by atoms with van der Waals surface area (Å²) in [6.45, 7) is 3.31. The monoisotopic (exact) mass is 276 g/mol. The number of benzene rings is 1. The van der Waals surface area contributed by atoms with Crippen LogP contribution in [0.2, 0.25) is 0 Å². The molecule has 1 aromatic heterocycles. The molecule has 0 fully saturated rings. The van der Waals surface area contributed by atoms with Gasteiger partial charge in [0.05, 0.1) is 17.5 Å². The normalized spacial score (nSPS) is 10.9. The van der Waals surface area contributed by atoms with Gasteiger partial charge >= 0.3 is 0 Å². The first-order valence-corrected chi connectivity index (χ1v) is 6.81. The molecule has 0 aliphatic carbocycles. The highest BCUT2D eigenvalue weighted by molar-refractivity contribution is 5.81. The zero-order valence-electron chi connectivity index (χ0n) is 11.6. The molecule has 6 heteroatoms. The van der Waals surface area contributed by atoms with E-state index in [1.807, 2.05) is 4.90 Å². The summed E-state index contributed by atoms with van der Waals surface area (Å²) in [5, 5.41) is 9.62. The Bertz CT molecular complexity index is 639. The van der Waals surface area contributed by atoms with Gasteiger partial charge in [-0.15, -0.1) is 0 Å². The Hall–Kier alpha value is -2.08. The summed E-state index contributed by atoms with van der Waals surface area (Å²) in [7, 11) is 0. The minimum atomic E-state index is -0.211.